The van der Waals surface area contributed by atoms with Gasteiger partial charge in [-0.05, 0) is 40.4 Å². The second-order valence-corrected chi connectivity index (χ2v) is 3.51. The Morgan fingerprint density at radius 2 is 2.09 bits per heavy atom. The standard InChI is InChI=1S/C9H20N2/c1-8(2)7-9(10)5-6-11(3)4/h9H,1,5-7,10H2,2-4H3. The summed E-state index contributed by atoms with van der Waals surface area (Å²) in [6.45, 7) is 6.92. The quantitative estimate of drug-likeness (QED) is 0.607. The Bertz CT molecular complexity index is 119. The van der Waals surface area contributed by atoms with E-state index in [1.54, 1.807) is 0 Å². The van der Waals surface area contributed by atoms with Crippen molar-refractivity contribution in [1.29, 1.82) is 0 Å². The second kappa shape index (κ2) is 5.33. The Kier molecular flexibility index (Phi) is 5.16. The summed E-state index contributed by atoms with van der Waals surface area (Å²) < 4.78 is 0. The van der Waals surface area contributed by atoms with Gasteiger partial charge in [0, 0.05) is 6.04 Å². The molecule has 1 atom stereocenters. The van der Waals surface area contributed by atoms with Crippen molar-refractivity contribution in [3.05, 3.63) is 12.2 Å². The predicted octanol–water partition coefficient (Wildman–Crippen LogP) is 1.23. The molecule has 0 aliphatic heterocycles. The molecule has 0 fully saturated rings. The Hall–Kier alpha value is -0.340. The van der Waals surface area contributed by atoms with E-state index >= 15 is 0 Å². The lowest BCUT2D eigenvalue weighted by Gasteiger charge is -2.14. The van der Waals surface area contributed by atoms with Crippen LogP contribution in [0.2, 0.25) is 0 Å². The van der Waals surface area contributed by atoms with Crippen LogP contribution in [0.3, 0.4) is 0 Å². The van der Waals surface area contributed by atoms with Crippen LogP contribution >= 0.6 is 0 Å². The van der Waals surface area contributed by atoms with Crippen molar-refractivity contribution in [2.75, 3.05) is 20.6 Å². The molecule has 2 N–H and O–H groups in total. The first-order chi connectivity index (χ1) is 5.02. The van der Waals surface area contributed by atoms with E-state index in [1.807, 2.05) is 6.92 Å². The van der Waals surface area contributed by atoms with Crippen molar-refractivity contribution in [3.63, 3.8) is 0 Å². The summed E-state index contributed by atoms with van der Waals surface area (Å²) in [7, 11) is 4.13. The van der Waals surface area contributed by atoms with Crippen LogP contribution in [-0.2, 0) is 0 Å². The number of nitrogens with zero attached hydrogens (tertiary/aromatic N) is 1. The van der Waals surface area contributed by atoms with Crippen LogP contribution < -0.4 is 5.73 Å². The zero-order valence-corrected chi connectivity index (χ0v) is 7.93. The minimum Gasteiger partial charge on any atom is -0.327 e. The van der Waals surface area contributed by atoms with Gasteiger partial charge in [0.2, 0.25) is 0 Å². The lowest BCUT2D eigenvalue weighted by Crippen LogP contribution is -2.26. The molecule has 0 aromatic rings. The third-order valence-electron chi connectivity index (χ3n) is 1.56. The van der Waals surface area contributed by atoms with Crippen LogP contribution in [0, 0.1) is 0 Å². The smallest absolute Gasteiger partial charge is 0.00880 e. The van der Waals surface area contributed by atoms with Gasteiger partial charge in [0.15, 0.2) is 0 Å². The fourth-order valence-corrected chi connectivity index (χ4v) is 0.974. The van der Waals surface area contributed by atoms with Gasteiger partial charge in [-0.3, -0.25) is 0 Å². The summed E-state index contributed by atoms with van der Waals surface area (Å²) in [5.74, 6) is 0. The van der Waals surface area contributed by atoms with E-state index < -0.39 is 0 Å². The highest BCUT2D eigenvalue weighted by Gasteiger charge is 2.02. The van der Waals surface area contributed by atoms with E-state index in [2.05, 4.69) is 25.6 Å². The molecule has 0 rings (SSSR count). The van der Waals surface area contributed by atoms with Crippen molar-refractivity contribution < 1.29 is 0 Å². The van der Waals surface area contributed by atoms with Gasteiger partial charge < -0.3 is 10.6 Å². The Labute approximate surface area is 70.1 Å². The fraction of sp³-hybridized carbons (Fsp3) is 0.778. The van der Waals surface area contributed by atoms with Gasteiger partial charge in [-0.2, -0.15) is 0 Å². The van der Waals surface area contributed by atoms with E-state index in [-0.39, 0.29) is 6.04 Å². The average Bonchev–Trinajstić information content (AvgIpc) is 1.82. The van der Waals surface area contributed by atoms with Gasteiger partial charge in [-0.15, -0.1) is 6.58 Å². The molecule has 0 bridgehead atoms. The third kappa shape index (κ3) is 7.56. The Balaban J connectivity index is 3.37. The summed E-state index contributed by atoms with van der Waals surface area (Å²) in [5.41, 5.74) is 7.01. The summed E-state index contributed by atoms with van der Waals surface area (Å²) in [4.78, 5) is 2.15. The molecule has 0 aliphatic carbocycles. The topological polar surface area (TPSA) is 29.3 Å². The number of rotatable bonds is 5. The van der Waals surface area contributed by atoms with Crippen LogP contribution in [0.1, 0.15) is 19.8 Å². The van der Waals surface area contributed by atoms with E-state index in [0.29, 0.717) is 0 Å². The molecule has 66 valence electrons. The normalized spacial score (nSPS) is 13.5. The Morgan fingerprint density at radius 1 is 1.55 bits per heavy atom. The van der Waals surface area contributed by atoms with Crippen LogP contribution in [-0.4, -0.2) is 31.6 Å². The SMILES string of the molecule is C=C(C)CC(N)CCN(C)C. The number of hydrogen-bond donors (Lipinski definition) is 1. The summed E-state index contributed by atoms with van der Waals surface area (Å²) in [5, 5.41) is 0. The minimum atomic E-state index is 0.287. The third-order valence-corrected chi connectivity index (χ3v) is 1.56. The molecule has 0 spiro atoms. The maximum Gasteiger partial charge on any atom is 0.00880 e. The highest BCUT2D eigenvalue weighted by molar-refractivity contribution is 4.91. The molecule has 2 nitrogen and oxygen atoms in total. The molecule has 0 aromatic heterocycles. The van der Waals surface area contributed by atoms with E-state index in [9.17, 15) is 0 Å². The molecule has 0 radical (unpaired) electrons. The summed E-state index contributed by atoms with van der Waals surface area (Å²) >= 11 is 0. The van der Waals surface area contributed by atoms with Crippen molar-refractivity contribution in [2.24, 2.45) is 5.73 Å². The van der Waals surface area contributed by atoms with Crippen LogP contribution in [0.5, 0.6) is 0 Å². The largest absolute Gasteiger partial charge is 0.327 e. The van der Waals surface area contributed by atoms with E-state index in [4.69, 9.17) is 5.73 Å². The lowest BCUT2D eigenvalue weighted by molar-refractivity contribution is 0.379. The highest BCUT2D eigenvalue weighted by Crippen LogP contribution is 2.02. The zero-order valence-electron chi connectivity index (χ0n) is 7.93. The molecular formula is C9H20N2. The monoisotopic (exact) mass is 156 g/mol. The molecule has 0 saturated heterocycles. The molecule has 0 aromatic carbocycles. The summed E-state index contributed by atoms with van der Waals surface area (Å²) in [6, 6.07) is 0.287. The van der Waals surface area contributed by atoms with Crippen LogP contribution in [0.25, 0.3) is 0 Å². The predicted molar refractivity (Wildman–Crippen MR) is 50.6 cm³/mol. The fourth-order valence-electron chi connectivity index (χ4n) is 0.974. The molecule has 1 unspecified atom stereocenters. The second-order valence-electron chi connectivity index (χ2n) is 3.51. The van der Waals surface area contributed by atoms with Crippen molar-refractivity contribution >= 4 is 0 Å². The maximum atomic E-state index is 5.84. The molecule has 2 heteroatoms. The van der Waals surface area contributed by atoms with Gasteiger partial charge in [-0.1, -0.05) is 5.57 Å². The van der Waals surface area contributed by atoms with Gasteiger partial charge in [0.1, 0.15) is 0 Å². The van der Waals surface area contributed by atoms with Gasteiger partial charge in [0.25, 0.3) is 0 Å². The van der Waals surface area contributed by atoms with E-state index in [0.717, 1.165) is 19.4 Å². The van der Waals surface area contributed by atoms with Crippen molar-refractivity contribution in [1.82, 2.24) is 4.90 Å². The molecule has 0 saturated carbocycles. The van der Waals surface area contributed by atoms with Crippen molar-refractivity contribution in [3.8, 4) is 0 Å². The number of nitrogens with two attached hydrogens (primary N) is 1. The maximum absolute atomic E-state index is 5.84. The van der Waals surface area contributed by atoms with Crippen LogP contribution in [0.4, 0.5) is 0 Å². The molecule has 11 heavy (non-hydrogen) atoms. The van der Waals surface area contributed by atoms with E-state index in [1.165, 1.54) is 5.57 Å². The first kappa shape index (κ1) is 10.7. The lowest BCUT2D eigenvalue weighted by atomic mass is 10.1. The number of hydrogen-bond acceptors (Lipinski definition) is 2. The van der Waals surface area contributed by atoms with Gasteiger partial charge in [-0.25, -0.2) is 0 Å². The minimum absolute atomic E-state index is 0.287. The first-order valence-electron chi connectivity index (χ1n) is 4.07. The highest BCUT2D eigenvalue weighted by atomic mass is 15.0. The average molecular weight is 156 g/mol. The molecular weight excluding hydrogens is 136 g/mol. The molecule has 0 aliphatic rings. The molecule has 0 amide bonds. The van der Waals surface area contributed by atoms with Gasteiger partial charge >= 0.3 is 0 Å². The van der Waals surface area contributed by atoms with Crippen molar-refractivity contribution in [2.45, 2.75) is 25.8 Å². The Morgan fingerprint density at radius 3 is 2.45 bits per heavy atom. The summed E-state index contributed by atoms with van der Waals surface area (Å²) in [6.07, 6.45) is 2.01. The van der Waals surface area contributed by atoms with Crippen LogP contribution in [0.15, 0.2) is 12.2 Å². The molecule has 0 heterocycles. The van der Waals surface area contributed by atoms with Gasteiger partial charge in [0.05, 0.1) is 0 Å². The first-order valence-corrected chi connectivity index (χ1v) is 4.07. The zero-order chi connectivity index (χ0) is 8.85.